The van der Waals surface area contributed by atoms with Gasteiger partial charge in [-0.25, -0.2) is 14.2 Å². The second-order valence-electron chi connectivity index (χ2n) is 11.0. The number of aromatic amines is 1. The lowest BCUT2D eigenvalue weighted by molar-refractivity contribution is 0.0218. The average Bonchev–Trinajstić information content (AvgIpc) is 3.29. The summed E-state index contributed by atoms with van der Waals surface area (Å²) >= 11 is 0. The van der Waals surface area contributed by atoms with E-state index in [1.165, 1.54) is 6.07 Å². The first-order valence-corrected chi connectivity index (χ1v) is 14.1. The van der Waals surface area contributed by atoms with Crippen LogP contribution in [0.3, 0.4) is 0 Å². The van der Waals surface area contributed by atoms with Gasteiger partial charge in [-0.3, -0.25) is 4.90 Å². The van der Waals surface area contributed by atoms with Gasteiger partial charge in [-0.15, -0.1) is 0 Å². The van der Waals surface area contributed by atoms with Crippen LogP contribution >= 0.6 is 0 Å². The number of aromatic nitrogens is 2. The maximum atomic E-state index is 14.5. The van der Waals surface area contributed by atoms with Gasteiger partial charge in [0.15, 0.2) is 5.82 Å². The van der Waals surface area contributed by atoms with Crippen molar-refractivity contribution in [3.63, 3.8) is 0 Å². The molecule has 1 N–H and O–H groups in total. The summed E-state index contributed by atoms with van der Waals surface area (Å²) in [5.41, 5.74) is 1.00. The maximum Gasteiger partial charge on any atom is 0.410 e. The molecule has 1 aromatic carbocycles. The van der Waals surface area contributed by atoms with Crippen molar-refractivity contribution in [3.8, 4) is 17.0 Å². The van der Waals surface area contributed by atoms with E-state index in [1.807, 2.05) is 20.8 Å². The van der Waals surface area contributed by atoms with E-state index < -0.39 is 13.9 Å². The lowest BCUT2D eigenvalue weighted by Gasteiger charge is -2.36. The molecule has 0 saturated carbocycles. The first-order chi connectivity index (χ1) is 14.7. The normalized spacial score (nSPS) is 17.5. The molecule has 1 saturated heterocycles. The van der Waals surface area contributed by atoms with Gasteiger partial charge < -0.3 is 14.1 Å². The zero-order chi connectivity index (χ0) is 23.9. The van der Waals surface area contributed by atoms with Crippen LogP contribution in [0.4, 0.5) is 9.18 Å². The van der Waals surface area contributed by atoms with Crippen LogP contribution in [0.25, 0.3) is 11.3 Å². The third-order valence-electron chi connectivity index (χ3n) is 6.21. The first-order valence-electron chi connectivity index (χ1n) is 11.2. The Bertz CT molecular complexity index is 976. The van der Waals surface area contributed by atoms with E-state index in [4.69, 9.17) is 9.16 Å². The van der Waals surface area contributed by atoms with Crippen molar-refractivity contribution >= 4 is 14.4 Å². The lowest BCUT2D eigenvalue weighted by atomic mass is 10.1. The predicted octanol–water partition coefficient (Wildman–Crippen LogP) is 6.67. The molecule has 1 aromatic heterocycles. The molecule has 1 atom stereocenters. The Morgan fingerprint density at radius 1 is 1.22 bits per heavy atom. The van der Waals surface area contributed by atoms with E-state index in [0.29, 0.717) is 12.4 Å². The zero-order valence-corrected chi connectivity index (χ0v) is 21.5. The molecule has 32 heavy (non-hydrogen) atoms. The molecule has 2 heterocycles. The minimum Gasteiger partial charge on any atom is -0.542 e. The molecular weight excluding hydrogens is 425 g/mol. The predicted molar refractivity (Wildman–Crippen MR) is 127 cm³/mol. The number of amides is 1. The molecule has 1 aliphatic heterocycles. The largest absolute Gasteiger partial charge is 0.542 e. The number of ether oxygens (including phenoxy) is 1. The molecule has 2 aromatic rings. The van der Waals surface area contributed by atoms with Gasteiger partial charge in [-0.05, 0) is 69.9 Å². The fourth-order valence-electron chi connectivity index (χ4n) is 3.42. The fraction of sp³-hybridized carbons (Fsp3) is 0.583. The number of rotatable bonds is 4. The van der Waals surface area contributed by atoms with E-state index in [9.17, 15) is 9.18 Å². The molecule has 3 rings (SSSR count). The molecule has 1 aliphatic rings. The van der Waals surface area contributed by atoms with Gasteiger partial charge in [0.2, 0.25) is 0 Å². The summed E-state index contributed by atoms with van der Waals surface area (Å²) in [7, 11) is -2.18. The summed E-state index contributed by atoms with van der Waals surface area (Å²) < 4.78 is 26.3. The van der Waals surface area contributed by atoms with Crippen molar-refractivity contribution in [2.45, 2.75) is 84.2 Å². The summed E-state index contributed by atoms with van der Waals surface area (Å²) in [5, 5.41) is -0.0375. The monoisotopic (exact) mass is 461 g/mol. The van der Waals surface area contributed by atoms with Gasteiger partial charge in [0, 0.05) is 12.1 Å². The summed E-state index contributed by atoms with van der Waals surface area (Å²) in [6.45, 7) is 16.8. The van der Waals surface area contributed by atoms with Gasteiger partial charge in [0.05, 0.1) is 17.9 Å². The second-order valence-corrected chi connectivity index (χ2v) is 15.7. The van der Waals surface area contributed by atoms with Crippen LogP contribution in [-0.2, 0) is 4.74 Å². The standard InChI is InChI=1S/C24H36FN3O3Si/c1-23(2,3)30-22(29)28-13-9-10-19(28)21-26-15-18(27-21)16-11-12-17(25)20(14-16)31-32(7,8)24(4,5)6/h11-12,14-15,19H,9-10,13H2,1-8H3,(H,26,27)/t19-/m0/s1. The number of nitrogens with one attached hydrogen (secondary N) is 1. The van der Waals surface area contributed by atoms with Crippen molar-refractivity contribution in [1.29, 1.82) is 0 Å². The van der Waals surface area contributed by atoms with Crippen LogP contribution < -0.4 is 4.43 Å². The van der Waals surface area contributed by atoms with E-state index >= 15 is 0 Å². The van der Waals surface area contributed by atoms with Crippen molar-refractivity contribution in [3.05, 3.63) is 36.0 Å². The van der Waals surface area contributed by atoms with Crippen molar-refractivity contribution < 1.29 is 18.3 Å². The Balaban J connectivity index is 1.83. The SMILES string of the molecule is CC(C)(C)OC(=O)N1CCC[C@H]1c1ncc(-c2ccc(F)c(O[Si](C)(C)C(C)(C)C)c2)[nH]1. The number of hydrogen-bond acceptors (Lipinski definition) is 4. The Labute approximate surface area is 191 Å². The summed E-state index contributed by atoms with van der Waals surface area (Å²) in [6, 6.07) is 4.71. The number of nitrogens with zero attached hydrogens (tertiary/aromatic N) is 2. The number of imidazole rings is 1. The van der Waals surface area contributed by atoms with E-state index in [1.54, 1.807) is 23.2 Å². The van der Waals surface area contributed by atoms with E-state index in [2.05, 4.69) is 43.8 Å². The molecule has 0 radical (unpaired) electrons. The maximum absolute atomic E-state index is 14.5. The minimum absolute atomic E-state index is 0.0375. The average molecular weight is 462 g/mol. The number of likely N-dealkylation sites (tertiary alicyclic amines) is 1. The highest BCUT2D eigenvalue weighted by Gasteiger charge is 2.39. The third kappa shape index (κ3) is 5.34. The van der Waals surface area contributed by atoms with Crippen molar-refractivity contribution in [2.24, 2.45) is 0 Å². The third-order valence-corrected chi connectivity index (χ3v) is 10.5. The van der Waals surface area contributed by atoms with Gasteiger partial charge >= 0.3 is 6.09 Å². The van der Waals surface area contributed by atoms with Crippen LogP contribution in [0.15, 0.2) is 24.4 Å². The summed E-state index contributed by atoms with van der Waals surface area (Å²) in [4.78, 5) is 22.2. The number of H-pyrrole nitrogens is 1. The van der Waals surface area contributed by atoms with Gasteiger partial charge in [-0.1, -0.05) is 20.8 Å². The summed E-state index contributed by atoms with van der Waals surface area (Å²) in [5.74, 6) is 0.603. The molecular formula is C24H36FN3O3Si. The van der Waals surface area contributed by atoms with Crippen LogP contribution in [0.1, 0.15) is 66.3 Å². The molecule has 0 unspecified atom stereocenters. The lowest BCUT2D eigenvalue weighted by Crippen LogP contribution is -2.44. The minimum atomic E-state index is -2.18. The number of carbonyl (C=O) groups is 1. The molecule has 0 aliphatic carbocycles. The number of carbonyl (C=O) groups excluding carboxylic acids is 1. The van der Waals surface area contributed by atoms with Gasteiger partial charge in [-0.2, -0.15) is 0 Å². The van der Waals surface area contributed by atoms with Crippen LogP contribution in [-0.4, -0.2) is 41.4 Å². The fourth-order valence-corrected chi connectivity index (χ4v) is 4.43. The molecule has 6 nitrogen and oxygen atoms in total. The Morgan fingerprint density at radius 2 is 1.91 bits per heavy atom. The highest BCUT2D eigenvalue weighted by Crippen LogP contribution is 2.39. The van der Waals surface area contributed by atoms with E-state index in [-0.39, 0.29) is 28.7 Å². The molecule has 0 spiro atoms. The van der Waals surface area contributed by atoms with Crippen LogP contribution in [0.5, 0.6) is 5.75 Å². The molecule has 0 bridgehead atoms. The quantitative estimate of drug-likeness (QED) is 0.516. The van der Waals surface area contributed by atoms with Crippen molar-refractivity contribution in [2.75, 3.05) is 6.54 Å². The Hall–Kier alpha value is -2.35. The number of halogens is 1. The first kappa shape index (κ1) is 24.3. The molecule has 176 valence electrons. The Kier molecular flexibility index (Phi) is 6.48. The summed E-state index contributed by atoms with van der Waals surface area (Å²) in [6.07, 6.45) is 3.10. The molecule has 1 fully saturated rings. The van der Waals surface area contributed by atoms with Gasteiger partial charge in [0.1, 0.15) is 17.2 Å². The van der Waals surface area contributed by atoms with E-state index in [0.717, 1.165) is 24.1 Å². The van der Waals surface area contributed by atoms with Crippen molar-refractivity contribution in [1.82, 2.24) is 14.9 Å². The second kappa shape index (κ2) is 8.54. The Morgan fingerprint density at radius 3 is 2.53 bits per heavy atom. The zero-order valence-electron chi connectivity index (χ0n) is 20.5. The van der Waals surface area contributed by atoms with Crippen LogP contribution in [0.2, 0.25) is 18.1 Å². The van der Waals surface area contributed by atoms with Crippen LogP contribution in [0, 0.1) is 5.82 Å². The molecule has 1 amide bonds. The molecule has 8 heteroatoms. The highest BCUT2D eigenvalue weighted by atomic mass is 28.4. The number of benzene rings is 1. The highest BCUT2D eigenvalue weighted by molar-refractivity contribution is 6.74. The smallest absolute Gasteiger partial charge is 0.410 e. The number of hydrogen-bond donors (Lipinski definition) is 1. The topological polar surface area (TPSA) is 67.4 Å². The van der Waals surface area contributed by atoms with Gasteiger partial charge in [0.25, 0.3) is 8.32 Å².